The fraction of sp³-hybridized carbons (Fsp3) is 0.438. The smallest absolute Gasteiger partial charge is 0.310 e. The lowest BCUT2D eigenvalue weighted by atomic mass is 9.79. The van der Waals surface area contributed by atoms with Crippen LogP contribution in [0.25, 0.3) is 0 Å². The van der Waals surface area contributed by atoms with E-state index in [4.69, 9.17) is 4.74 Å². The number of hydrogen-bond acceptors (Lipinski definition) is 5. The Morgan fingerprint density at radius 2 is 2.09 bits per heavy atom. The van der Waals surface area contributed by atoms with Crippen molar-refractivity contribution < 1.29 is 24.2 Å². The molecule has 2 bridgehead atoms. The molecule has 2 aliphatic carbocycles. The molecule has 22 heavy (non-hydrogen) atoms. The highest BCUT2D eigenvalue weighted by Crippen LogP contribution is 2.57. The Morgan fingerprint density at radius 1 is 1.27 bits per heavy atom. The number of carboxylic acids is 1. The molecule has 0 unspecified atom stereocenters. The van der Waals surface area contributed by atoms with Crippen LogP contribution in [-0.2, 0) is 14.3 Å². The third kappa shape index (κ3) is 1.83. The van der Waals surface area contributed by atoms with Crippen LogP contribution in [0.2, 0.25) is 0 Å². The highest BCUT2D eigenvalue weighted by Gasteiger charge is 2.63. The molecular weight excluding hydrogens is 286 g/mol. The number of benzene rings is 1. The molecule has 1 heterocycles. The second-order valence-electron chi connectivity index (χ2n) is 6.28. The van der Waals surface area contributed by atoms with Crippen LogP contribution < -0.4 is 10.4 Å². The largest absolute Gasteiger partial charge is 0.545 e. The van der Waals surface area contributed by atoms with E-state index in [1.807, 2.05) is 0 Å². The molecule has 1 aromatic carbocycles. The number of hydrogen-bond donors (Lipinski definition) is 1. The number of aromatic carboxylic acids is 1. The normalized spacial score (nSPS) is 34.5. The fourth-order valence-corrected chi connectivity index (χ4v) is 4.31. The van der Waals surface area contributed by atoms with Crippen molar-refractivity contribution in [1.29, 1.82) is 0 Å². The van der Waals surface area contributed by atoms with Gasteiger partial charge in [0.25, 0.3) is 0 Å². The van der Waals surface area contributed by atoms with E-state index in [-0.39, 0.29) is 47.2 Å². The number of carbonyl (C=O) groups is 3. The van der Waals surface area contributed by atoms with Crippen LogP contribution in [0.1, 0.15) is 23.2 Å². The number of esters is 1. The Bertz CT molecular complexity index is 683. The maximum absolute atomic E-state index is 12.5. The van der Waals surface area contributed by atoms with Gasteiger partial charge in [-0.25, -0.2) is 0 Å². The van der Waals surface area contributed by atoms with Gasteiger partial charge in [-0.15, -0.1) is 0 Å². The Kier molecular flexibility index (Phi) is 2.76. The van der Waals surface area contributed by atoms with Gasteiger partial charge in [0.1, 0.15) is 6.10 Å². The third-order valence-electron chi connectivity index (χ3n) is 5.15. The maximum atomic E-state index is 12.5. The summed E-state index contributed by atoms with van der Waals surface area (Å²) in [5.41, 5.74) is 0.406. The molecule has 0 aromatic heterocycles. The van der Waals surface area contributed by atoms with Crippen molar-refractivity contribution in [2.45, 2.75) is 18.9 Å². The minimum absolute atomic E-state index is 0.00563. The summed E-state index contributed by atoms with van der Waals surface area (Å²) < 4.78 is 5.32. The SMILES string of the molecule is O=C([O-])c1cccc(NC(=O)[C@H]2[C@@H]3C[C@H]4[C@@H]2C(=O)O[C@@H]4C3)c1. The minimum atomic E-state index is -1.29. The van der Waals surface area contributed by atoms with E-state index in [1.165, 1.54) is 12.1 Å². The monoisotopic (exact) mass is 300 g/mol. The fourth-order valence-electron chi connectivity index (χ4n) is 4.31. The predicted octanol–water partition coefficient (Wildman–Crippen LogP) is 0.186. The standard InChI is InChI=1S/C16H15NO5/c18-14(17-9-3-1-2-7(4-9)15(19)20)12-8-5-10-11(6-8)22-16(21)13(10)12/h1-4,8,10-13H,5-6H2,(H,17,18)(H,19,20)/p-1/t8-,10-,11-,12+,13+/m1/s1. The van der Waals surface area contributed by atoms with Gasteiger partial charge >= 0.3 is 5.97 Å². The van der Waals surface area contributed by atoms with Gasteiger partial charge in [0, 0.05) is 11.6 Å². The molecule has 1 aliphatic heterocycles. The molecule has 0 spiro atoms. The minimum Gasteiger partial charge on any atom is -0.545 e. The number of nitrogens with one attached hydrogen (secondary N) is 1. The van der Waals surface area contributed by atoms with Gasteiger partial charge in [0.05, 0.1) is 17.8 Å². The number of carbonyl (C=O) groups excluding carboxylic acids is 3. The molecule has 6 heteroatoms. The number of anilines is 1. The summed E-state index contributed by atoms with van der Waals surface area (Å²) in [6.07, 6.45) is 1.61. The van der Waals surface area contributed by atoms with Crippen LogP contribution in [0.4, 0.5) is 5.69 Å². The van der Waals surface area contributed by atoms with Crippen molar-refractivity contribution in [3.63, 3.8) is 0 Å². The van der Waals surface area contributed by atoms with E-state index in [2.05, 4.69) is 5.32 Å². The van der Waals surface area contributed by atoms with Crippen molar-refractivity contribution in [3.8, 4) is 0 Å². The molecule has 1 amide bonds. The van der Waals surface area contributed by atoms with E-state index in [0.29, 0.717) is 5.69 Å². The Labute approximate surface area is 126 Å². The lowest BCUT2D eigenvalue weighted by Crippen LogP contribution is -2.35. The zero-order valence-corrected chi connectivity index (χ0v) is 11.7. The quantitative estimate of drug-likeness (QED) is 0.804. The van der Waals surface area contributed by atoms with Crippen molar-refractivity contribution in [2.24, 2.45) is 23.7 Å². The molecule has 6 nitrogen and oxygen atoms in total. The van der Waals surface area contributed by atoms with Crippen LogP contribution in [0.3, 0.4) is 0 Å². The summed E-state index contributed by atoms with van der Waals surface area (Å²) >= 11 is 0. The molecule has 3 fully saturated rings. The van der Waals surface area contributed by atoms with Crippen molar-refractivity contribution in [3.05, 3.63) is 29.8 Å². The van der Waals surface area contributed by atoms with Gasteiger partial charge in [-0.05, 0) is 36.5 Å². The molecule has 1 saturated heterocycles. The lowest BCUT2D eigenvalue weighted by molar-refractivity contribution is -0.255. The first-order valence-electron chi connectivity index (χ1n) is 7.37. The number of ether oxygens (including phenoxy) is 1. The number of carboxylic acid groups (broad SMARTS) is 1. The Balaban J connectivity index is 1.55. The van der Waals surface area contributed by atoms with E-state index in [0.717, 1.165) is 12.8 Å². The first-order chi connectivity index (χ1) is 10.5. The predicted molar refractivity (Wildman–Crippen MR) is 72.5 cm³/mol. The van der Waals surface area contributed by atoms with Gasteiger partial charge in [-0.3, -0.25) is 9.59 Å². The van der Waals surface area contributed by atoms with E-state index in [9.17, 15) is 19.5 Å². The zero-order chi connectivity index (χ0) is 15.4. The van der Waals surface area contributed by atoms with Crippen LogP contribution >= 0.6 is 0 Å². The lowest BCUT2D eigenvalue weighted by Gasteiger charge is -2.23. The summed E-state index contributed by atoms with van der Waals surface area (Å²) in [4.78, 5) is 35.3. The second kappa shape index (κ2) is 4.56. The van der Waals surface area contributed by atoms with E-state index >= 15 is 0 Å². The molecule has 5 atom stereocenters. The Hall–Kier alpha value is -2.37. The summed E-state index contributed by atoms with van der Waals surface area (Å²) in [7, 11) is 0. The molecule has 1 aromatic rings. The van der Waals surface area contributed by atoms with Gasteiger partial charge < -0.3 is 20.0 Å². The third-order valence-corrected chi connectivity index (χ3v) is 5.15. The molecule has 0 radical (unpaired) electrons. The van der Waals surface area contributed by atoms with Crippen LogP contribution in [0.5, 0.6) is 0 Å². The van der Waals surface area contributed by atoms with Crippen LogP contribution in [0.15, 0.2) is 24.3 Å². The summed E-state index contributed by atoms with van der Waals surface area (Å²) in [6, 6.07) is 5.92. The molecule has 114 valence electrons. The summed E-state index contributed by atoms with van der Waals surface area (Å²) in [5, 5.41) is 13.6. The molecule has 3 aliphatic rings. The summed E-state index contributed by atoms with van der Waals surface area (Å²) in [6.45, 7) is 0. The highest BCUT2D eigenvalue weighted by atomic mass is 16.6. The topological polar surface area (TPSA) is 95.5 Å². The second-order valence-corrected chi connectivity index (χ2v) is 6.28. The summed E-state index contributed by atoms with van der Waals surface area (Å²) in [5.74, 6) is -2.16. The first-order valence-corrected chi connectivity index (χ1v) is 7.37. The van der Waals surface area contributed by atoms with Crippen molar-refractivity contribution >= 4 is 23.5 Å². The van der Waals surface area contributed by atoms with Crippen LogP contribution in [-0.4, -0.2) is 23.9 Å². The molecule has 1 N–H and O–H groups in total. The van der Waals surface area contributed by atoms with Crippen molar-refractivity contribution in [2.75, 3.05) is 5.32 Å². The molecule has 4 rings (SSSR count). The molecule has 2 saturated carbocycles. The molecular formula is C16H14NO5-. The Morgan fingerprint density at radius 3 is 2.86 bits per heavy atom. The number of rotatable bonds is 3. The van der Waals surface area contributed by atoms with Gasteiger partial charge in [-0.1, -0.05) is 12.1 Å². The average molecular weight is 300 g/mol. The average Bonchev–Trinajstić information content (AvgIpc) is 3.08. The maximum Gasteiger partial charge on any atom is 0.310 e. The van der Waals surface area contributed by atoms with Crippen molar-refractivity contribution in [1.82, 2.24) is 0 Å². The van der Waals surface area contributed by atoms with Gasteiger partial charge in [0.15, 0.2) is 0 Å². The number of fused-ring (bicyclic) bond motifs is 1. The van der Waals surface area contributed by atoms with Crippen LogP contribution in [0, 0.1) is 23.7 Å². The zero-order valence-electron chi connectivity index (χ0n) is 11.7. The van der Waals surface area contributed by atoms with Gasteiger partial charge in [0.2, 0.25) is 5.91 Å². The van der Waals surface area contributed by atoms with E-state index in [1.54, 1.807) is 12.1 Å². The van der Waals surface area contributed by atoms with Gasteiger partial charge in [-0.2, -0.15) is 0 Å². The highest BCUT2D eigenvalue weighted by molar-refractivity contribution is 5.98. The van der Waals surface area contributed by atoms with E-state index < -0.39 is 5.97 Å². The number of amides is 1. The first kappa shape index (κ1) is 13.3.